The molecule has 11 heteroatoms. The molecule has 10 nitrogen and oxygen atoms in total. The highest BCUT2D eigenvalue weighted by Crippen LogP contribution is 2.37. The van der Waals surface area contributed by atoms with Gasteiger partial charge in [0.2, 0.25) is 5.91 Å². The first kappa shape index (κ1) is 28.2. The van der Waals surface area contributed by atoms with Crippen LogP contribution in [0.4, 0.5) is 10.5 Å². The van der Waals surface area contributed by atoms with Gasteiger partial charge in [0, 0.05) is 5.69 Å². The number of ether oxygens (including phenoxy) is 2. The summed E-state index contributed by atoms with van der Waals surface area (Å²) in [5.74, 6) is -1.75. The number of methoxy groups -OCH3 is 1. The standard InChI is InChI=1S/C29H26ClN3O7/c1-3-19-8-4-5-10-22(19)31-25(34)15-33-27(35)23(32-29(33)38)13-18-12-21(30)26(24(14-18)39-2)40-16-17-7-6-9-20(11-17)28(36)37/h4-14H,3,15-16H2,1-2H3,(H,31,34)(H,32,38)(H,36,37)/b23-13+. The quantitative estimate of drug-likeness (QED) is 0.240. The SMILES string of the molecule is CCc1ccccc1NC(=O)CN1C(=O)N/C(=C/c2cc(Cl)c(OCc3cccc(C(=O)O)c3)c(OC)c2)C1=O. The number of nitrogens with one attached hydrogen (secondary N) is 2. The minimum Gasteiger partial charge on any atom is -0.493 e. The minimum atomic E-state index is -1.05. The molecular formula is C29H26ClN3O7. The van der Waals surface area contributed by atoms with Crippen LogP contribution < -0.4 is 20.1 Å². The lowest BCUT2D eigenvalue weighted by molar-refractivity contribution is -0.127. The highest BCUT2D eigenvalue weighted by Gasteiger charge is 2.35. The molecule has 206 valence electrons. The van der Waals surface area contributed by atoms with E-state index in [1.54, 1.807) is 30.3 Å². The molecule has 3 aromatic carbocycles. The summed E-state index contributed by atoms with van der Waals surface area (Å²) < 4.78 is 11.2. The summed E-state index contributed by atoms with van der Waals surface area (Å²) in [6, 6.07) is 16.0. The zero-order valence-corrected chi connectivity index (χ0v) is 22.4. The fourth-order valence-corrected chi connectivity index (χ4v) is 4.35. The maximum absolute atomic E-state index is 12.9. The van der Waals surface area contributed by atoms with Crippen molar-refractivity contribution in [2.24, 2.45) is 0 Å². The summed E-state index contributed by atoms with van der Waals surface area (Å²) in [6.07, 6.45) is 2.12. The van der Waals surface area contributed by atoms with Crippen LogP contribution in [-0.4, -0.2) is 47.5 Å². The fraction of sp³-hybridized carbons (Fsp3) is 0.172. The predicted octanol–water partition coefficient (Wildman–Crippen LogP) is 4.72. The van der Waals surface area contributed by atoms with Crippen molar-refractivity contribution in [1.82, 2.24) is 10.2 Å². The molecule has 0 radical (unpaired) electrons. The number of aryl methyl sites for hydroxylation is 1. The Kier molecular flexibility index (Phi) is 8.70. The highest BCUT2D eigenvalue weighted by molar-refractivity contribution is 6.32. The van der Waals surface area contributed by atoms with E-state index < -0.39 is 30.4 Å². The molecule has 3 N–H and O–H groups in total. The number of halogens is 1. The van der Waals surface area contributed by atoms with Crippen molar-refractivity contribution in [2.75, 3.05) is 19.0 Å². The molecule has 1 saturated heterocycles. The summed E-state index contributed by atoms with van der Waals surface area (Å²) in [4.78, 5) is 50.1. The minimum absolute atomic E-state index is 0.0337. The van der Waals surface area contributed by atoms with E-state index in [1.807, 2.05) is 19.1 Å². The first-order chi connectivity index (χ1) is 19.2. The normalized spacial score (nSPS) is 13.8. The maximum atomic E-state index is 12.9. The first-order valence-electron chi connectivity index (χ1n) is 12.2. The molecule has 0 aliphatic carbocycles. The Labute approximate surface area is 235 Å². The van der Waals surface area contributed by atoms with Crippen molar-refractivity contribution in [1.29, 1.82) is 0 Å². The van der Waals surface area contributed by atoms with Crippen LogP contribution >= 0.6 is 11.6 Å². The van der Waals surface area contributed by atoms with Crippen LogP contribution in [0, 0.1) is 0 Å². The van der Waals surface area contributed by atoms with Gasteiger partial charge in [0.05, 0.1) is 17.7 Å². The number of carboxylic acids is 1. The number of carbonyl (C=O) groups is 4. The Bertz CT molecular complexity index is 1520. The van der Waals surface area contributed by atoms with E-state index in [-0.39, 0.29) is 34.4 Å². The molecule has 0 unspecified atom stereocenters. The van der Waals surface area contributed by atoms with E-state index in [0.29, 0.717) is 23.2 Å². The van der Waals surface area contributed by atoms with Crippen molar-refractivity contribution < 1.29 is 33.8 Å². The number of anilines is 1. The third kappa shape index (κ3) is 6.41. The number of hydrogen-bond acceptors (Lipinski definition) is 6. The van der Waals surface area contributed by atoms with Crippen molar-refractivity contribution in [3.63, 3.8) is 0 Å². The van der Waals surface area contributed by atoms with Gasteiger partial charge < -0.3 is 25.2 Å². The van der Waals surface area contributed by atoms with Gasteiger partial charge in [-0.25, -0.2) is 14.5 Å². The predicted molar refractivity (Wildman–Crippen MR) is 148 cm³/mol. The monoisotopic (exact) mass is 563 g/mol. The Morgan fingerprint density at radius 2 is 1.88 bits per heavy atom. The number of rotatable bonds is 10. The summed E-state index contributed by atoms with van der Waals surface area (Å²) in [7, 11) is 1.42. The number of aromatic carboxylic acids is 1. The number of para-hydroxylation sites is 1. The second-order valence-electron chi connectivity index (χ2n) is 8.77. The van der Waals surface area contributed by atoms with Crippen LogP contribution in [0.5, 0.6) is 11.5 Å². The van der Waals surface area contributed by atoms with Crippen LogP contribution in [0.1, 0.15) is 34.0 Å². The summed E-state index contributed by atoms with van der Waals surface area (Å²) in [5, 5.41) is 14.6. The smallest absolute Gasteiger partial charge is 0.335 e. The molecule has 0 spiro atoms. The molecule has 3 aromatic rings. The molecule has 40 heavy (non-hydrogen) atoms. The molecular weight excluding hydrogens is 538 g/mol. The van der Waals surface area contributed by atoms with Gasteiger partial charge in [0.1, 0.15) is 18.8 Å². The number of carboxylic acid groups (broad SMARTS) is 1. The van der Waals surface area contributed by atoms with Gasteiger partial charge in [-0.2, -0.15) is 0 Å². The first-order valence-corrected chi connectivity index (χ1v) is 12.6. The molecule has 4 rings (SSSR count). The van der Waals surface area contributed by atoms with Crippen molar-refractivity contribution >= 4 is 47.2 Å². The second kappa shape index (κ2) is 12.4. The van der Waals surface area contributed by atoms with E-state index in [4.69, 9.17) is 21.1 Å². The van der Waals surface area contributed by atoms with Crippen LogP contribution in [0.15, 0.2) is 66.4 Å². The van der Waals surface area contributed by atoms with Gasteiger partial charge in [0.15, 0.2) is 11.5 Å². The molecule has 0 aromatic heterocycles. The average molecular weight is 564 g/mol. The molecule has 0 bridgehead atoms. The summed E-state index contributed by atoms with van der Waals surface area (Å²) >= 11 is 6.45. The Morgan fingerprint density at radius 3 is 2.60 bits per heavy atom. The molecule has 1 aliphatic rings. The summed E-state index contributed by atoms with van der Waals surface area (Å²) in [6.45, 7) is 1.53. The van der Waals surface area contributed by atoms with Crippen LogP contribution in [-0.2, 0) is 22.6 Å². The number of benzene rings is 3. The zero-order valence-electron chi connectivity index (χ0n) is 21.7. The van der Waals surface area contributed by atoms with E-state index in [0.717, 1.165) is 10.5 Å². The largest absolute Gasteiger partial charge is 0.493 e. The van der Waals surface area contributed by atoms with E-state index in [9.17, 15) is 24.3 Å². The van der Waals surface area contributed by atoms with Gasteiger partial charge in [0.25, 0.3) is 5.91 Å². The van der Waals surface area contributed by atoms with Crippen molar-refractivity contribution in [3.8, 4) is 11.5 Å². The molecule has 0 atom stereocenters. The third-order valence-corrected chi connectivity index (χ3v) is 6.34. The lowest BCUT2D eigenvalue weighted by Gasteiger charge is -2.14. The molecule has 1 heterocycles. The van der Waals surface area contributed by atoms with Gasteiger partial charge in [-0.1, -0.05) is 48.9 Å². The van der Waals surface area contributed by atoms with Crippen LogP contribution in [0.3, 0.4) is 0 Å². The lowest BCUT2D eigenvalue weighted by atomic mass is 10.1. The molecule has 1 aliphatic heterocycles. The van der Waals surface area contributed by atoms with Gasteiger partial charge in [-0.15, -0.1) is 0 Å². The number of urea groups is 1. The zero-order chi connectivity index (χ0) is 28.8. The molecule has 0 saturated carbocycles. The molecule has 4 amide bonds. The number of nitrogens with zero attached hydrogens (tertiary/aromatic N) is 1. The maximum Gasteiger partial charge on any atom is 0.335 e. The number of carbonyl (C=O) groups excluding carboxylic acids is 3. The molecule has 1 fully saturated rings. The van der Waals surface area contributed by atoms with E-state index in [1.165, 1.54) is 31.4 Å². The number of amides is 4. The fourth-order valence-electron chi connectivity index (χ4n) is 4.08. The highest BCUT2D eigenvalue weighted by atomic mass is 35.5. The topological polar surface area (TPSA) is 134 Å². The van der Waals surface area contributed by atoms with Crippen molar-refractivity contribution in [3.05, 3.63) is 93.6 Å². The lowest BCUT2D eigenvalue weighted by Crippen LogP contribution is -2.38. The number of hydrogen-bond donors (Lipinski definition) is 3. The van der Waals surface area contributed by atoms with Gasteiger partial charge in [-0.05, 0) is 59.5 Å². The summed E-state index contributed by atoms with van der Waals surface area (Å²) in [5.41, 5.74) is 2.70. The third-order valence-electron chi connectivity index (χ3n) is 6.06. The van der Waals surface area contributed by atoms with Gasteiger partial charge in [-0.3, -0.25) is 9.59 Å². The van der Waals surface area contributed by atoms with Crippen molar-refractivity contribution in [2.45, 2.75) is 20.0 Å². The Hall–Kier alpha value is -4.83. The second-order valence-corrected chi connectivity index (χ2v) is 9.17. The van der Waals surface area contributed by atoms with Crippen LogP contribution in [0.25, 0.3) is 6.08 Å². The van der Waals surface area contributed by atoms with Gasteiger partial charge >= 0.3 is 12.0 Å². The van der Waals surface area contributed by atoms with Crippen LogP contribution in [0.2, 0.25) is 5.02 Å². The number of imide groups is 1. The Balaban J connectivity index is 1.47. The Morgan fingerprint density at radius 1 is 1.10 bits per heavy atom. The van der Waals surface area contributed by atoms with E-state index in [2.05, 4.69) is 10.6 Å². The van der Waals surface area contributed by atoms with E-state index >= 15 is 0 Å². The average Bonchev–Trinajstić information content (AvgIpc) is 3.19.